The summed E-state index contributed by atoms with van der Waals surface area (Å²) >= 11 is 13.0. The van der Waals surface area contributed by atoms with Crippen molar-refractivity contribution >= 4 is 28.9 Å². The predicted molar refractivity (Wildman–Crippen MR) is 143 cm³/mol. The summed E-state index contributed by atoms with van der Waals surface area (Å²) in [5, 5.41) is 8.20. The SMILES string of the molecule is CCCCCCOc1ccc([C@H]2Oc3c(Cl)cc(Cl)cc3[C@H]3CC(c4ccc(C)cc4)=NN32)cc1. The summed E-state index contributed by atoms with van der Waals surface area (Å²) in [5.74, 6) is 1.55. The molecule has 2 aliphatic rings. The van der Waals surface area contributed by atoms with Crippen LogP contribution in [0.1, 0.15) is 73.6 Å². The zero-order chi connectivity index (χ0) is 24.4. The molecule has 0 aromatic heterocycles. The number of hydrazone groups is 1. The molecule has 0 N–H and O–H groups in total. The Bertz CT molecular complexity index is 1210. The Kier molecular flexibility index (Phi) is 7.22. The lowest BCUT2D eigenvalue weighted by Crippen LogP contribution is -2.33. The zero-order valence-corrected chi connectivity index (χ0v) is 21.6. The average molecular weight is 509 g/mol. The van der Waals surface area contributed by atoms with Crippen LogP contribution < -0.4 is 9.47 Å². The van der Waals surface area contributed by atoms with Gasteiger partial charge in [0, 0.05) is 22.6 Å². The van der Waals surface area contributed by atoms with E-state index in [1.807, 2.05) is 23.2 Å². The minimum Gasteiger partial charge on any atom is -0.494 e. The minimum absolute atomic E-state index is 0.00857. The van der Waals surface area contributed by atoms with E-state index in [9.17, 15) is 0 Å². The third-order valence-corrected chi connectivity index (χ3v) is 7.12. The van der Waals surface area contributed by atoms with Gasteiger partial charge in [0.2, 0.25) is 6.23 Å². The number of rotatable bonds is 8. The second-order valence-corrected chi connectivity index (χ2v) is 10.1. The molecular weight excluding hydrogens is 479 g/mol. The second kappa shape index (κ2) is 10.5. The number of halogens is 2. The fourth-order valence-electron chi connectivity index (χ4n) is 4.70. The maximum Gasteiger partial charge on any atom is 0.213 e. The first-order valence-corrected chi connectivity index (χ1v) is 13.1. The first-order valence-electron chi connectivity index (χ1n) is 12.3. The van der Waals surface area contributed by atoms with Crippen LogP contribution in [0.5, 0.6) is 11.5 Å². The summed E-state index contributed by atoms with van der Waals surface area (Å²) < 4.78 is 12.4. The summed E-state index contributed by atoms with van der Waals surface area (Å²) in [6.07, 6.45) is 5.11. The fourth-order valence-corrected chi connectivity index (χ4v) is 5.26. The summed E-state index contributed by atoms with van der Waals surface area (Å²) in [7, 11) is 0. The van der Waals surface area contributed by atoms with Crippen molar-refractivity contribution in [2.24, 2.45) is 5.10 Å². The van der Waals surface area contributed by atoms with Crippen molar-refractivity contribution in [1.82, 2.24) is 5.01 Å². The van der Waals surface area contributed by atoms with Crippen LogP contribution in [0.4, 0.5) is 0 Å². The third-order valence-electron chi connectivity index (χ3n) is 6.62. The van der Waals surface area contributed by atoms with Gasteiger partial charge in [0.15, 0.2) is 0 Å². The van der Waals surface area contributed by atoms with Gasteiger partial charge in [-0.2, -0.15) is 5.10 Å². The summed E-state index contributed by atoms with van der Waals surface area (Å²) in [6, 6.07) is 20.3. The molecule has 3 aromatic rings. The molecule has 5 rings (SSSR count). The van der Waals surface area contributed by atoms with Crippen molar-refractivity contribution in [3.05, 3.63) is 93.0 Å². The molecule has 6 heteroatoms. The lowest BCUT2D eigenvalue weighted by atomic mass is 9.95. The van der Waals surface area contributed by atoms with Gasteiger partial charge in [-0.15, -0.1) is 0 Å². The molecule has 2 heterocycles. The van der Waals surface area contributed by atoms with E-state index in [2.05, 4.69) is 50.2 Å². The minimum atomic E-state index is -0.396. The van der Waals surface area contributed by atoms with Crippen LogP contribution in [0.15, 0.2) is 65.8 Å². The van der Waals surface area contributed by atoms with E-state index >= 15 is 0 Å². The van der Waals surface area contributed by atoms with Gasteiger partial charge in [-0.3, -0.25) is 0 Å². The lowest BCUT2D eigenvalue weighted by molar-refractivity contribution is -0.0189. The number of unbranched alkanes of at least 4 members (excludes halogenated alkanes) is 3. The van der Waals surface area contributed by atoms with E-state index in [1.165, 1.54) is 24.8 Å². The highest BCUT2D eigenvalue weighted by Gasteiger charge is 2.42. The van der Waals surface area contributed by atoms with Crippen LogP contribution in [0.2, 0.25) is 10.0 Å². The molecule has 2 aliphatic heterocycles. The maximum absolute atomic E-state index is 6.59. The molecule has 3 aromatic carbocycles. The first-order chi connectivity index (χ1) is 17.0. The van der Waals surface area contributed by atoms with Crippen molar-refractivity contribution in [3.8, 4) is 11.5 Å². The molecule has 0 saturated heterocycles. The maximum atomic E-state index is 6.59. The van der Waals surface area contributed by atoms with Gasteiger partial charge in [-0.1, -0.05) is 79.2 Å². The van der Waals surface area contributed by atoms with E-state index in [0.29, 0.717) is 15.8 Å². The molecule has 0 amide bonds. The summed E-state index contributed by atoms with van der Waals surface area (Å²) in [4.78, 5) is 0. The van der Waals surface area contributed by atoms with E-state index in [4.69, 9.17) is 37.8 Å². The van der Waals surface area contributed by atoms with Crippen molar-refractivity contribution in [3.63, 3.8) is 0 Å². The van der Waals surface area contributed by atoms with Gasteiger partial charge < -0.3 is 9.47 Å². The highest BCUT2D eigenvalue weighted by atomic mass is 35.5. The van der Waals surface area contributed by atoms with Crippen LogP contribution >= 0.6 is 23.2 Å². The first kappa shape index (κ1) is 24.0. The molecule has 0 unspecified atom stereocenters. The number of benzene rings is 3. The van der Waals surface area contributed by atoms with Crippen LogP contribution in [0.25, 0.3) is 0 Å². The van der Waals surface area contributed by atoms with Crippen molar-refractivity contribution < 1.29 is 9.47 Å². The van der Waals surface area contributed by atoms with Crippen LogP contribution in [0, 0.1) is 6.92 Å². The number of hydrogen-bond acceptors (Lipinski definition) is 4. The van der Waals surface area contributed by atoms with Crippen molar-refractivity contribution in [2.75, 3.05) is 6.61 Å². The Morgan fingerprint density at radius 3 is 2.51 bits per heavy atom. The van der Waals surface area contributed by atoms with Gasteiger partial charge in [0.1, 0.15) is 11.5 Å². The molecule has 4 nitrogen and oxygen atoms in total. The smallest absolute Gasteiger partial charge is 0.213 e. The molecule has 182 valence electrons. The van der Waals surface area contributed by atoms with Gasteiger partial charge in [-0.25, -0.2) is 5.01 Å². The summed E-state index contributed by atoms with van der Waals surface area (Å²) in [5.41, 5.74) is 5.34. The topological polar surface area (TPSA) is 34.1 Å². The number of nitrogens with zero attached hydrogens (tertiary/aromatic N) is 2. The Hall–Kier alpha value is -2.69. The van der Waals surface area contributed by atoms with Crippen LogP contribution in [-0.4, -0.2) is 17.3 Å². The Morgan fingerprint density at radius 1 is 1.00 bits per heavy atom. The normalized spacial score (nSPS) is 18.5. The van der Waals surface area contributed by atoms with E-state index < -0.39 is 6.23 Å². The van der Waals surface area contributed by atoms with Gasteiger partial charge >= 0.3 is 0 Å². The Morgan fingerprint density at radius 2 is 1.77 bits per heavy atom. The number of fused-ring (bicyclic) bond motifs is 3. The second-order valence-electron chi connectivity index (χ2n) is 9.27. The monoisotopic (exact) mass is 508 g/mol. The lowest BCUT2D eigenvalue weighted by Gasteiger charge is -2.38. The van der Waals surface area contributed by atoms with Gasteiger partial charge in [0.05, 0.1) is 23.4 Å². The zero-order valence-electron chi connectivity index (χ0n) is 20.1. The summed E-state index contributed by atoms with van der Waals surface area (Å²) in [6.45, 7) is 5.04. The molecule has 2 atom stereocenters. The highest BCUT2D eigenvalue weighted by molar-refractivity contribution is 6.35. The molecular formula is C29H30Cl2N2O2. The molecule has 0 radical (unpaired) electrons. The highest BCUT2D eigenvalue weighted by Crippen LogP contribution is 2.50. The largest absolute Gasteiger partial charge is 0.494 e. The van der Waals surface area contributed by atoms with Crippen molar-refractivity contribution in [2.45, 2.75) is 58.2 Å². The van der Waals surface area contributed by atoms with E-state index in [1.54, 1.807) is 6.07 Å². The third kappa shape index (κ3) is 5.14. The Labute approximate surface area is 217 Å². The molecule has 0 fully saturated rings. The Balaban J connectivity index is 1.43. The number of aryl methyl sites for hydroxylation is 1. The van der Waals surface area contributed by atoms with Gasteiger partial charge in [0.25, 0.3) is 0 Å². The average Bonchev–Trinajstić information content (AvgIpc) is 3.30. The molecule has 35 heavy (non-hydrogen) atoms. The molecule has 0 spiro atoms. The van der Waals surface area contributed by atoms with Crippen LogP contribution in [0.3, 0.4) is 0 Å². The quantitative estimate of drug-likeness (QED) is 0.286. The van der Waals surface area contributed by atoms with Crippen LogP contribution in [-0.2, 0) is 0 Å². The molecule has 0 bridgehead atoms. The molecule has 0 aliphatic carbocycles. The van der Waals surface area contributed by atoms with Crippen molar-refractivity contribution in [1.29, 1.82) is 0 Å². The number of ether oxygens (including phenoxy) is 2. The van der Waals surface area contributed by atoms with E-state index in [-0.39, 0.29) is 6.04 Å². The van der Waals surface area contributed by atoms with Gasteiger partial charge in [-0.05, 0) is 55.3 Å². The molecule has 0 saturated carbocycles. The standard InChI is InChI=1S/C29H30Cl2N2O2/c1-3-4-5-6-15-34-23-13-11-21(12-14-23)29-33-27(24-16-22(30)17-25(31)28(24)35-29)18-26(32-33)20-9-7-19(2)8-10-20/h7-14,16-17,27,29H,3-6,15,18H2,1-2H3/t27-,29-/m1/s1. The predicted octanol–water partition coefficient (Wildman–Crippen LogP) is 8.50. The fraction of sp³-hybridized carbons (Fsp3) is 0.345. The number of hydrogen-bond donors (Lipinski definition) is 0. The van der Waals surface area contributed by atoms with E-state index in [0.717, 1.165) is 47.6 Å².